The van der Waals surface area contributed by atoms with Gasteiger partial charge in [0.25, 0.3) is 0 Å². The highest BCUT2D eigenvalue weighted by Crippen LogP contribution is 2.58. The van der Waals surface area contributed by atoms with E-state index in [1.807, 2.05) is 35.0 Å². The molecule has 8 heteroatoms. The molecule has 3 aliphatic rings. The van der Waals surface area contributed by atoms with Crippen LogP contribution in [0.3, 0.4) is 0 Å². The highest BCUT2D eigenvalue weighted by atomic mass is 19.1. The van der Waals surface area contributed by atoms with E-state index in [4.69, 9.17) is 16.5 Å². The highest BCUT2D eigenvalue weighted by molar-refractivity contribution is 6.04. The van der Waals surface area contributed by atoms with Gasteiger partial charge in [0.1, 0.15) is 28.6 Å². The molecule has 3 N–H and O–H groups in total. The number of phenolic OH excluding ortho intramolecular Hbond substituents is 1. The van der Waals surface area contributed by atoms with Crippen molar-refractivity contribution in [2.24, 2.45) is 11.8 Å². The number of aromatic hydroxyl groups is 1. The first-order valence-electron chi connectivity index (χ1n) is 13.6. The molecule has 40 heavy (non-hydrogen) atoms. The molecule has 0 bridgehead atoms. The van der Waals surface area contributed by atoms with Gasteiger partial charge in [-0.3, -0.25) is 4.68 Å². The van der Waals surface area contributed by atoms with Crippen LogP contribution in [-0.4, -0.2) is 33.0 Å². The fourth-order valence-electron chi connectivity index (χ4n) is 6.55. The van der Waals surface area contributed by atoms with Gasteiger partial charge in [0.15, 0.2) is 5.82 Å². The van der Waals surface area contributed by atoms with Crippen LogP contribution in [0, 0.1) is 35.8 Å². The molecular weight excluding hydrogens is 508 g/mol. The van der Waals surface area contributed by atoms with Gasteiger partial charge in [-0.25, -0.2) is 13.8 Å². The van der Waals surface area contributed by atoms with Crippen LogP contribution in [0.25, 0.3) is 32.9 Å². The molecule has 2 aliphatic carbocycles. The van der Waals surface area contributed by atoms with Gasteiger partial charge in [0.05, 0.1) is 22.7 Å². The molecule has 8 rings (SSSR count). The summed E-state index contributed by atoms with van der Waals surface area (Å²) < 4.78 is 33.6. The Balaban J connectivity index is 1.45. The van der Waals surface area contributed by atoms with E-state index in [9.17, 15) is 9.50 Å². The maximum Gasteiger partial charge on any atom is 0.175 e. The monoisotopic (exact) mass is 533 g/mol. The Morgan fingerprint density at radius 3 is 2.52 bits per heavy atom. The Morgan fingerprint density at radius 1 is 1.02 bits per heavy atom. The Morgan fingerprint density at radius 2 is 1.80 bits per heavy atom. The van der Waals surface area contributed by atoms with Crippen LogP contribution in [0.5, 0.6) is 5.75 Å². The molecule has 6 nitrogen and oxygen atoms in total. The van der Waals surface area contributed by atoms with Gasteiger partial charge in [-0.15, -0.1) is 6.42 Å². The van der Waals surface area contributed by atoms with Crippen molar-refractivity contribution >= 4 is 33.2 Å². The minimum absolute atomic E-state index is 0.000982. The lowest BCUT2D eigenvalue weighted by atomic mass is 9.95. The Bertz CT molecular complexity index is 1880. The van der Waals surface area contributed by atoms with E-state index in [-0.39, 0.29) is 34.5 Å². The number of anilines is 2. The van der Waals surface area contributed by atoms with E-state index in [0.29, 0.717) is 39.3 Å². The molecule has 2 aromatic heterocycles. The number of hydrogen-bond acceptors (Lipinski definition) is 5. The molecule has 3 atom stereocenters. The fourth-order valence-corrected chi connectivity index (χ4v) is 6.55. The molecule has 3 heterocycles. The van der Waals surface area contributed by atoms with Crippen molar-refractivity contribution in [1.82, 2.24) is 20.1 Å². The number of pyridine rings is 1. The quantitative estimate of drug-likeness (QED) is 0.234. The number of hydrogen-bond donors (Lipinski definition) is 3. The second-order valence-corrected chi connectivity index (χ2v) is 11.1. The van der Waals surface area contributed by atoms with E-state index >= 15 is 4.39 Å². The summed E-state index contributed by atoms with van der Waals surface area (Å²) >= 11 is 0. The molecule has 0 amide bonds. The molecule has 0 spiro atoms. The lowest BCUT2D eigenvalue weighted by molar-refractivity contribution is 0.476. The zero-order valence-electron chi connectivity index (χ0n) is 21.5. The number of nitrogens with one attached hydrogen (secondary N) is 2. The number of aromatic nitrogens is 3. The van der Waals surface area contributed by atoms with Gasteiger partial charge in [0, 0.05) is 22.6 Å². The Kier molecular flexibility index (Phi) is 4.98. The second kappa shape index (κ2) is 8.51. The number of piperidine rings is 1. The average Bonchev–Trinajstić information content (AvgIpc) is 3.83. The standard InChI is InChI=1S/C32H25F2N5O/c1-2-20-24(33)11-8-16-12-19(40)13-21(25(16)20)29-28(34)31-27(32(37-29)36-17-6-4-3-5-7-17)30(38-39(31)18-9-10-18)26-22-14-35-15-23(22)26/h1,3-8,11-13,18,22-23,26,35,40H,9-10,14-15H2,(H,36,37)/t22-,23+,26?. The fraction of sp³-hybridized carbons (Fsp3) is 0.250. The number of terminal acetylenes is 1. The summed E-state index contributed by atoms with van der Waals surface area (Å²) in [6.45, 7) is 1.86. The summed E-state index contributed by atoms with van der Waals surface area (Å²) in [4.78, 5) is 4.86. The van der Waals surface area contributed by atoms with Gasteiger partial charge in [-0.2, -0.15) is 5.10 Å². The smallest absolute Gasteiger partial charge is 0.175 e. The van der Waals surface area contributed by atoms with E-state index in [1.165, 1.54) is 24.3 Å². The topological polar surface area (TPSA) is 75.0 Å². The number of rotatable bonds is 5. The van der Waals surface area contributed by atoms with Crippen molar-refractivity contribution in [3.63, 3.8) is 0 Å². The maximum absolute atomic E-state index is 16.9. The third-order valence-corrected chi connectivity index (χ3v) is 8.60. The first-order valence-corrected chi connectivity index (χ1v) is 13.6. The van der Waals surface area contributed by atoms with E-state index < -0.39 is 11.6 Å². The van der Waals surface area contributed by atoms with Crippen LogP contribution >= 0.6 is 0 Å². The van der Waals surface area contributed by atoms with E-state index in [2.05, 4.69) is 16.6 Å². The maximum atomic E-state index is 16.9. The molecule has 2 saturated carbocycles. The molecule has 1 aliphatic heterocycles. The van der Waals surface area contributed by atoms with Crippen LogP contribution < -0.4 is 10.6 Å². The van der Waals surface area contributed by atoms with Gasteiger partial charge in [-0.05, 0) is 73.5 Å². The normalized spacial score (nSPS) is 21.5. The largest absolute Gasteiger partial charge is 0.508 e. The summed E-state index contributed by atoms with van der Waals surface area (Å²) in [6.07, 6.45) is 7.58. The lowest BCUT2D eigenvalue weighted by Gasteiger charge is -2.15. The van der Waals surface area contributed by atoms with Crippen molar-refractivity contribution in [2.75, 3.05) is 18.4 Å². The number of benzene rings is 3. The van der Waals surface area contributed by atoms with Crippen molar-refractivity contribution in [3.05, 3.63) is 77.5 Å². The minimum Gasteiger partial charge on any atom is -0.508 e. The third-order valence-electron chi connectivity index (χ3n) is 8.60. The molecule has 1 saturated heterocycles. The van der Waals surface area contributed by atoms with E-state index in [1.54, 1.807) is 0 Å². The Labute approximate surface area is 229 Å². The van der Waals surface area contributed by atoms with Crippen molar-refractivity contribution in [1.29, 1.82) is 0 Å². The summed E-state index contributed by atoms with van der Waals surface area (Å²) in [6, 6.07) is 15.4. The predicted octanol–water partition coefficient (Wildman–Crippen LogP) is 6.23. The van der Waals surface area contributed by atoms with Crippen LogP contribution in [0.4, 0.5) is 20.3 Å². The van der Waals surface area contributed by atoms with Crippen LogP contribution in [0.2, 0.25) is 0 Å². The summed E-state index contributed by atoms with van der Waals surface area (Å²) in [5, 5.41) is 24.0. The number of nitrogens with zero attached hydrogens (tertiary/aromatic N) is 3. The van der Waals surface area contributed by atoms with Crippen LogP contribution in [-0.2, 0) is 0 Å². The van der Waals surface area contributed by atoms with Crippen molar-refractivity contribution in [3.8, 4) is 29.4 Å². The molecule has 1 unspecified atom stereocenters. The molecule has 3 aromatic carbocycles. The molecule has 0 radical (unpaired) electrons. The van der Waals surface area contributed by atoms with Gasteiger partial charge >= 0.3 is 0 Å². The van der Waals surface area contributed by atoms with Gasteiger partial charge in [-0.1, -0.05) is 30.2 Å². The molecule has 198 valence electrons. The summed E-state index contributed by atoms with van der Waals surface area (Å²) in [5.41, 5.74) is 2.28. The second-order valence-electron chi connectivity index (χ2n) is 11.1. The van der Waals surface area contributed by atoms with E-state index in [0.717, 1.165) is 37.3 Å². The predicted molar refractivity (Wildman–Crippen MR) is 151 cm³/mol. The number of para-hydroxylation sites is 1. The lowest BCUT2D eigenvalue weighted by Crippen LogP contribution is -2.14. The summed E-state index contributed by atoms with van der Waals surface area (Å²) in [5.74, 6) is 2.87. The van der Waals surface area contributed by atoms with Crippen molar-refractivity contribution < 1.29 is 13.9 Å². The Hall–Kier alpha value is -4.48. The van der Waals surface area contributed by atoms with Gasteiger partial charge in [0.2, 0.25) is 0 Å². The SMILES string of the molecule is C#Cc1c(F)ccc2cc(O)cc(-c3nc(Nc4ccccc4)c4c(C5[C@H]6CNC[C@@H]56)nn(C5CC5)c4c3F)c12. The molecular formula is C32H25F2N5O. The van der Waals surface area contributed by atoms with Crippen molar-refractivity contribution in [2.45, 2.75) is 24.8 Å². The number of phenols is 1. The first kappa shape index (κ1) is 23.4. The van der Waals surface area contributed by atoms with Crippen LogP contribution in [0.1, 0.15) is 36.1 Å². The summed E-state index contributed by atoms with van der Waals surface area (Å²) in [7, 11) is 0. The average molecular weight is 534 g/mol. The third kappa shape index (κ3) is 3.44. The zero-order valence-corrected chi connectivity index (χ0v) is 21.5. The highest BCUT2D eigenvalue weighted by Gasteiger charge is 2.56. The number of halogens is 2. The van der Waals surface area contributed by atoms with Gasteiger partial charge < -0.3 is 15.7 Å². The number of fused-ring (bicyclic) bond motifs is 3. The molecule has 3 fully saturated rings. The van der Waals surface area contributed by atoms with Crippen LogP contribution in [0.15, 0.2) is 54.6 Å². The minimum atomic E-state index is -0.592. The first-order chi connectivity index (χ1) is 19.5. The zero-order chi connectivity index (χ0) is 27.1. The molecule has 5 aromatic rings.